The minimum atomic E-state index is 0.147. The van der Waals surface area contributed by atoms with Crippen molar-refractivity contribution in [1.29, 1.82) is 0 Å². The predicted octanol–water partition coefficient (Wildman–Crippen LogP) is 6.05. The van der Waals surface area contributed by atoms with Crippen molar-refractivity contribution in [3.8, 4) is 11.5 Å². The van der Waals surface area contributed by atoms with Gasteiger partial charge in [-0.2, -0.15) is 0 Å². The van der Waals surface area contributed by atoms with Crippen molar-refractivity contribution in [3.05, 3.63) is 96.1 Å². The largest absolute Gasteiger partial charge is 0.458 e. The van der Waals surface area contributed by atoms with Crippen molar-refractivity contribution in [3.63, 3.8) is 0 Å². The topological polar surface area (TPSA) is 12.5 Å². The van der Waals surface area contributed by atoms with Gasteiger partial charge in [0.2, 0.25) is 0 Å². The van der Waals surface area contributed by atoms with Gasteiger partial charge in [-0.25, -0.2) is 0 Å². The van der Waals surface area contributed by atoms with Gasteiger partial charge in [0.05, 0.1) is 0 Å². The lowest BCUT2D eigenvalue weighted by Crippen LogP contribution is -2.59. The van der Waals surface area contributed by atoms with Gasteiger partial charge in [-0.3, -0.25) is 0 Å². The number of hydrogen-bond donors (Lipinski definition) is 0. The minimum Gasteiger partial charge on any atom is -0.458 e. The quantitative estimate of drug-likeness (QED) is 0.288. The van der Waals surface area contributed by atoms with Crippen LogP contribution in [-0.2, 0) is 10.8 Å². The Kier molecular flexibility index (Phi) is 3.86. The van der Waals surface area contributed by atoms with E-state index in [0.717, 1.165) is 17.9 Å². The van der Waals surface area contributed by atoms with Gasteiger partial charge in [0.15, 0.2) is 0 Å². The maximum atomic E-state index is 6.68. The van der Waals surface area contributed by atoms with Gasteiger partial charge >= 0.3 is 0 Å². The molecule has 0 N–H and O–H groups in total. The molecule has 0 saturated carbocycles. The first-order chi connectivity index (χ1) is 16.4. The van der Waals surface area contributed by atoms with E-state index in [9.17, 15) is 0 Å². The zero-order valence-electron chi connectivity index (χ0n) is 20.2. The second-order valence-corrected chi connectivity index (χ2v) is 11.3. The Labute approximate surface area is 202 Å². The van der Waals surface area contributed by atoms with Crippen LogP contribution in [0.2, 0.25) is 0 Å². The third-order valence-corrected chi connectivity index (χ3v) is 8.10. The fourth-order valence-electron chi connectivity index (χ4n) is 6.95. The highest BCUT2D eigenvalue weighted by Gasteiger charge is 2.46. The fourth-order valence-corrected chi connectivity index (χ4v) is 6.95. The van der Waals surface area contributed by atoms with Crippen LogP contribution in [-0.4, -0.2) is 6.71 Å². The second kappa shape index (κ2) is 6.57. The molecule has 0 fully saturated rings. The van der Waals surface area contributed by atoms with Crippen LogP contribution < -0.4 is 26.0 Å². The smallest absolute Gasteiger partial charge is 0.256 e. The SMILES string of the molecule is CC1(C)CC(C)(C)c2cc3c(cc21)Oc1cccc2c1B3c1ccccc1N2c1ccccc1. The lowest BCUT2D eigenvalue weighted by Gasteiger charge is -2.40. The molecule has 0 spiro atoms. The summed E-state index contributed by atoms with van der Waals surface area (Å²) in [7, 11) is 0. The van der Waals surface area contributed by atoms with E-state index in [4.69, 9.17) is 4.74 Å². The summed E-state index contributed by atoms with van der Waals surface area (Å²) in [5.74, 6) is 1.99. The number of ether oxygens (including phenoxy) is 1. The minimum absolute atomic E-state index is 0.147. The van der Waals surface area contributed by atoms with Crippen molar-refractivity contribution in [2.24, 2.45) is 0 Å². The van der Waals surface area contributed by atoms with Crippen LogP contribution in [0.3, 0.4) is 0 Å². The number of hydrogen-bond acceptors (Lipinski definition) is 2. The Morgan fingerprint density at radius 2 is 1.35 bits per heavy atom. The van der Waals surface area contributed by atoms with Crippen molar-refractivity contribution < 1.29 is 4.74 Å². The van der Waals surface area contributed by atoms with Gasteiger partial charge in [-0.05, 0) is 81.2 Å². The molecule has 0 aromatic heterocycles. The lowest BCUT2D eigenvalue weighted by atomic mass is 9.34. The Hall–Kier alpha value is -3.46. The average molecular weight is 441 g/mol. The van der Waals surface area contributed by atoms with Crippen molar-refractivity contribution in [1.82, 2.24) is 0 Å². The van der Waals surface area contributed by atoms with Crippen molar-refractivity contribution in [2.45, 2.75) is 44.9 Å². The first-order valence-corrected chi connectivity index (χ1v) is 12.3. The van der Waals surface area contributed by atoms with Crippen LogP contribution in [0.4, 0.5) is 17.1 Å². The molecule has 3 aliphatic rings. The van der Waals surface area contributed by atoms with E-state index >= 15 is 0 Å². The molecular formula is C31H28BNO. The average Bonchev–Trinajstić information content (AvgIpc) is 3.01. The number of anilines is 3. The number of benzene rings is 4. The summed E-state index contributed by atoms with van der Waals surface area (Å²) in [5.41, 5.74) is 10.7. The molecule has 34 heavy (non-hydrogen) atoms. The molecule has 0 saturated heterocycles. The first-order valence-electron chi connectivity index (χ1n) is 12.3. The van der Waals surface area contributed by atoms with Gasteiger partial charge in [0.1, 0.15) is 11.5 Å². The molecule has 4 aromatic carbocycles. The van der Waals surface area contributed by atoms with Gasteiger partial charge in [0.25, 0.3) is 6.71 Å². The Balaban J connectivity index is 1.52. The normalized spacial score (nSPS) is 17.9. The number of nitrogens with zero attached hydrogens (tertiary/aromatic N) is 1. The van der Waals surface area contributed by atoms with E-state index in [-0.39, 0.29) is 17.5 Å². The Morgan fingerprint density at radius 3 is 2.15 bits per heavy atom. The number of fused-ring (bicyclic) bond motifs is 5. The van der Waals surface area contributed by atoms with Gasteiger partial charge in [0, 0.05) is 17.1 Å². The summed E-state index contributed by atoms with van der Waals surface area (Å²) in [4.78, 5) is 2.39. The van der Waals surface area contributed by atoms with E-state index in [1.165, 1.54) is 44.6 Å². The van der Waals surface area contributed by atoms with Crippen LogP contribution in [0.15, 0.2) is 84.9 Å². The zero-order valence-corrected chi connectivity index (χ0v) is 20.2. The first kappa shape index (κ1) is 20.0. The molecule has 0 atom stereocenters. The summed E-state index contributed by atoms with van der Waals surface area (Å²) < 4.78 is 6.68. The van der Waals surface area contributed by atoms with E-state index in [2.05, 4.69) is 118 Å². The van der Waals surface area contributed by atoms with Gasteiger partial charge in [-0.15, -0.1) is 0 Å². The third kappa shape index (κ3) is 2.58. The van der Waals surface area contributed by atoms with Gasteiger partial charge in [-0.1, -0.05) is 76.2 Å². The maximum absolute atomic E-state index is 6.68. The fraction of sp³-hybridized carbons (Fsp3) is 0.226. The molecule has 3 heteroatoms. The van der Waals surface area contributed by atoms with E-state index in [0.29, 0.717) is 0 Å². The van der Waals surface area contributed by atoms with Crippen molar-refractivity contribution in [2.75, 3.05) is 4.90 Å². The Bertz CT molecular complexity index is 1470. The summed E-state index contributed by atoms with van der Waals surface area (Å²) in [6.45, 7) is 9.69. The summed E-state index contributed by atoms with van der Waals surface area (Å²) in [6, 6.07) is 30.9. The lowest BCUT2D eigenvalue weighted by molar-refractivity contribution is 0.402. The van der Waals surface area contributed by atoms with Crippen LogP contribution >= 0.6 is 0 Å². The van der Waals surface area contributed by atoms with Crippen LogP contribution in [0.5, 0.6) is 11.5 Å². The molecular weight excluding hydrogens is 413 g/mol. The highest BCUT2D eigenvalue weighted by Crippen LogP contribution is 2.51. The zero-order chi connectivity index (χ0) is 23.2. The third-order valence-electron chi connectivity index (χ3n) is 8.10. The molecule has 0 amide bonds. The molecule has 2 heterocycles. The highest BCUT2D eigenvalue weighted by molar-refractivity contribution is 6.99. The molecule has 2 nitrogen and oxygen atoms in total. The van der Waals surface area contributed by atoms with Crippen LogP contribution in [0.25, 0.3) is 0 Å². The molecule has 7 rings (SSSR count). The summed E-state index contributed by atoms with van der Waals surface area (Å²) >= 11 is 0. The summed E-state index contributed by atoms with van der Waals surface area (Å²) in [5, 5.41) is 0. The molecule has 0 unspecified atom stereocenters. The van der Waals surface area contributed by atoms with Gasteiger partial charge < -0.3 is 9.64 Å². The van der Waals surface area contributed by atoms with Crippen LogP contribution in [0.1, 0.15) is 45.2 Å². The number of para-hydroxylation sites is 2. The molecule has 2 aliphatic heterocycles. The Morgan fingerprint density at radius 1 is 0.676 bits per heavy atom. The molecule has 1 aliphatic carbocycles. The van der Waals surface area contributed by atoms with Crippen molar-refractivity contribution >= 4 is 40.2 Å². The molecule has 0 bridgehead atoms. The molecule has 4 aromatic rings. The number of rotatable bonds is 1. The van der Waals surface area contributed by atoms with E-state index in [1.54, 1.807) is 0 Å². The van der Waals surface area contributed by atoms with E-state index in [1.807, 2.05) is 0 Å². The second-order valence-electron chi connectivity index (χ2n) is 11.3. The molecule has 0 radical (unpaired) electrons. The highest BCUT2D eigenvalue weighted by atomic mass is 16.5. The predicted molar refractivity (Wildman–Crippen MR) is 143 cm³/mol. The maximum Gasteiger partial charge on any atom is 0.256 e. The monoisotopic (exact) mass is 441 g/mol. The standard InChI is InChI=1S/C31H28BNO/c1-30(2)19-31(3,4)22-18-28-24(17-21(22)30)32-23-13-8-9-14-25(23)33(20-11-6-5-7-12-20)26-15-10-16-27(34-28)29(26)32/h5-18H,19H2,1-4H3. The molecule has 166 valence electrons. The summed E-state index contributed by atoms with van der Waals surface area (Å²) in [6.07, 6.45) is 1.15. The van der Waals surface area contributed by atoms with Crippen LogP contribution in [0, 0.1) is 0 Å². The van der Waals surface area contributed by atoms with E-state index < -0.39 is 0 Å².